The van der Waals surface area contributed by atoms with Crippen LogP contribution in [0.25, 0.3) is 10.8 Å². The molecule has 26 heavy (non-hydrogen) atoms. The zero-order chi connectivity index (χ0) is 18.5. The molecule has 0 aromatic heterocycles. The highest BCUT2D eigenvalue weighted by Crippen LogP contribution is 2.20. The van der Waals surface area contributed by atoms with Gasteiger partial charge in [0.1, 0.15) is 5.75 Å². The molecular formula is C21H17BrO4. The van der Waals surface area contributed by atoms with Gasteiger partial charge in [-0.15, -0.1) is 0 Å². The number of ketones is 1. The second kappa shape index (κ2) is 8.15. The minimum Gasteiger partial charge on any atom is -0.482 e. The molecule has 1 atom stereocenters. The van der Waals surface area contributed by atoms with Crippen molar-refractivity contribution in [3.8, 4) is 5.75 Å². The van der Waals surface area contributed by atoms with Crippen molar-refractivity contribution in [3.63, 3.8) is 0 Å². The van der Waals surface area contributed by atoms with Gasteiger partial charge in [-0.1, -0.05) is 58.4 Å². The fourth-order valence-electron chi connectivity index (χ4n) is 2.53. The molecule has 3 rings (SSSR count). The lowest BCUT2D eigenvalue weighted by molar-refractivity contribution is -0.148. The van der Waals surface area contributed by atoms with E-state index in [1.54, 1.807) is 37.3 Å². The summed E-state index contributed by atoms with van der Waals surface area (Å²) in [6.45, 7) is 1.30. The molecule has 132 valence electrons. The van der Waals surface area contributed by atoms with Crippen molar-refractivity contribution in [2.24, 2.45) is 0 Å². The van der Waals surface area contributed by atoms with Crippen LogP contribution in [0.1, 0.15) is 17.3 Å². The van der Waals surface area contributed by atoms with Gasteiger partial charge in [-0.25, -0.2) is 4.79 Å². The molecule has 0 heterocycles. The second-order valence-corrected chi connectivity index (χ2v) is 6.72. The first-order chi connectivity index (χ1) is 12.5. The Kier molecular flexibility index (Phi) is 5.68. The van der Waals surface area contributed by atoms with E-state index in [4.69, 9.17) is 9.47 Å². The van der Waals surface area contributed by atoms with Crippen LogP contribution in [0, 0.1) is 0 Å². The molecule has 3 aromatic rings. The highest BCUT2D eigenvalue weighted by molar-refractivity contribution is 9.10. The van der Waals surface area contributed by atoms with E-state index in [0.717, 1.165) is 15.2 Å². The summed E-state index contributed by atoms with van der Waals surface area (Å²) in [4.78, 5) is 24.3. The highest BCUT2D eigenvalue weighted by Gasteiger charge is 2.19. The van der Waals surface area contributed by atoms with Crippen LogP contribution in [0.3, 0.4) is 0 Å². The maximum atomic E-state index is 12.3. The van der Waals surface area contributed by atoms with E-state index in [1.165, 1.54) is 0 Å². The average molecular weight is 413 g/mol. The molecule has 0 spiro atoms. The molecule has 0 unspecified atom stereocenters. The quantitative estimate of drug-likeness (QED) is 0.431. The van der Waals surface area contributed by atoms with E-state index >= 15 is 0 Å². The van der Waals surface area contributed by atoms with Crippen molar-refractivity contribution in [3.05, 3.63) is 76.8 Å². The molecule has 0 aliphatic carbocycles. The summed E-state index contributed by atoms with van der Waals surface area (Å²) in [6.07, 6.45) is -0.871. The number of rotatable bonds is 6. The number of hydrogen-bond acceptors (Lipinski definition) is 4. The van der Waals surface area contributed by atoms with E-state index in [-0.39, 0.29) is 12.4 Å². The lowest BCUT2D eigenvalue weighted by atomic mass is 10.1. The van der Waals surface area contributed by atoms with Crippen LogP contribution in [-0.2, 0) is 9.53 Å². The Bertz CT molecular complexity index is 934. The maximum Gasteiger partial charge on any atom is 0.344 e. The van der Waals surface area contributed by atoms with Gasteiger partial charge < -0.3 is 9.47 Å². The molecule has 0 bridgehead atoms. The van der Waals surface area contributed by atoms with Crippen LogP contribution in [-0.4, -0.2) is 24.5 Å². The summed E-state index contributed by atoms with van der Waals surface area (Å²) in [5.41, 5.74) is 0.490. The first-order valence-corrected chi connectivity index (χ1v) is 8.93. The Labute approximate surface area is 159 Å². The standard InChI is InChI=1S/C21H17BrO4/c1-14(21(24)16-6-9-18(22)10-7-16)26-20(23)13-25-19-11-8-15-4-2-3-5-17(15)12-19/h2-12,14H,13H2,1H3/t14-/m1/s1. The molecule has 0 fully saturated rings. The Morgan fingerprint density at radius 3 is 2.38 bits per heavy atom. The Morgan fingerprint density at radius 1 is 0.962 bits per heavy atom. The van der Waals surface area contributed by atoms with Gasteiger partial charge in [0.2, 0.25) is 5.78 Å². The van der Waals surface area contributed by atoms with Gasteiger partial charge in [0.25, 0.3) is 0 Å². The number of fused-ring (bicyclic) bond motifs is 1. The van der Waals surface area contributed by atoms with Gasteiger partial charge in [-0.3, -0.25) is 4.79 Å². The first-order valence-electron chi connectivity index (χ1n) is 8.14. The zero-order valence-electron chi connectivity index (χ0n) is 14.1. The van der Waals surface area contributed by atoms with Gasteiger partial charge in [-0.2, -0.15) is 0 Å². The number of carbonyl (C=O) groups is 2. The van der Waals surface area contributed by atoms with Crippen molar-refractivity contribution < 1.29 is 19.1 Å². The molecular weight excluding hydrogens is 396 g/mol. The molecule has 0 radical (unpaired) electrons. The number of esters is 1. The normalized spacial score (nSPS) is 11.8. The molecule has 3 aromatic carbocycles. The summed E-state index contributed by atoms with van der Waals surface area (Å²) >= 11 is 3.32. The van der Waals surface area contributed by atoms with E-state index in [9.17, 15) is 9.59 Å². The number of ether oxygens (including phenoxy) is 2. The summed E-state index contributed by atoms with van der Waals surface area (Å²) in [5, 5.41) is 2.12. The van der Waals surface area contributed by atoms with E-state index < -0.39 is 12.1 Å². The fourth-order valence-corrected chi connectivity index (χ4v) is 2.80. The van der Waals surface area contributed by atoms with Crippen LogP contribution in [0.15, 0.2) is 71.2 Å². The lowest BCUT2D eigenvalue weighted by Gasteiger charge is -2.13. The van der Waals surface area contributed by atoms with Crippen LogP contribution in [0.5, 0.6) is 5.75 Å². The Hall–Kier alpha value is -2.66. The highest BCUT2D eigenvalue weighted by atomic mass is 79.9. The second-order valence-electron chi connectivity index (χ2n) is 5.80. The van der Waals surface area contributed by atoms with Crippen molar-refractivity contribution in [1.82, 2.24) is 0 Å². The molecule has 0 saturated heterocycles. The van der Waals surface area contributed by atoms with E-state index in [0.29, 0.717) is 11.3 Å². The van der Waals surface area contributed by atoms with E-state index in [1.807, 2.05) is 36.4 Å². The van der Waals surface area contributed by atoms with Gasteiger partial charge in [0.05, 0.1) is 0 Å². The first kappa shape index (κ1) is 18.1. The molecule has 0 amide bonds. The monoisotopic (exact) mass is 412 g/mol. The van der Waals surface area contributed by atoms with Gasteiger partial charge in [0, 0.05) is 10.0 Å². The Morgan fingerprint density at radius 2 is 1.65 bits per heavy atom. The van der Waals surface area contributed by atoms with Crippen molar-refractivity contribution >= 4 is 38.5 Å². The predicted molar refractivity (Wildman–Crippen MR) is 103 cm³/mol. The van der Waals surface area contributed by atoms with Crippen LogP contribution < -0.4 is 4.74 Å². The van der Waals surface area contributed by atoms with Crippen molar-refractivity contribution in [2.45, 2.75) is 13.0 Å². The zero-order valence-corrected chi connectivity index (χ0v) is 15.7. The van der Waals surface area contributed by atoms with Gasteiger partial charge >= 0.3 is 5.97 Å². The Balaban J connectivity index is 1.55. The third kappa shape index (κ3) is 4.49. The van der Waals surface area contributed by atoms with Crippen LogP contribution in [0.2, 0.25) is 0 Å². The molecule has 0 N–H and O–H groups in total. The topological polar surface area (TPSA) is 52.6 Å². The minimum atomic E-state index is -0.871. The average Bonchev–Trinajstić information content (AvgIpc) is 2.66. The van der Waals surface area contributed by atoms with Crippen LogP contribution in [0.4, 0.5) is 0 Å². The van der Waals surface area contributed by atoms with Gasteiger partial charge in [-0.05, 0) is 42.0 Å². The third-order valence-electron chi connectivity index (χ3n) is 3.88. The van der Waals surface area contributed by atoms with E-state index in [2.05, 4.69) is 15.9 Å². The molecule has 4 nitrogen and oxygen atoms in total. The number of hydrogen-bond donors (Lipinski definition) is 0. The SMILES string of the molecule is C[C@@H](OC(=O)COc1ccc2ccccc2c1)C(=O)c1ccc(Br)cc1. The fraction of sp³-hybridized carbons (Fsp3) is 0.143. The molecule has 0 aliphatic rings. The summed E-state index contributed by atoms with van der Waals surface area (Å²) in [5.74, 6) is -0.264. The largest absolute Gasteiger partial charge is 0.482 e. The number of benzene rings is 3. The summed E-state index contributed by atoms with van der Waals surface area (Å²) in [6, 6.07) is 20.4. The lowest BCUT2D eigenvalue weighted by Crippen LogP contribution is -2.27. The number of Topliss-reactive ketones (excluding diaryl/α,β-unsaturated/α-hetero) is 1. The summed E-state index contributed by atoms with van der Waals surface area (Å²) < 4.78 is 11.5. The molecule has 0 aliphatic heterocycles. The van der Waals surface area contributed by atoms with Crippen molar-refractivity contribution in [2.75, 3.05) is 6.61 Å². The van der Waals surface area contributed by atoms with Gasteiger partial charge in [0.15, 0.2) is 12.7 Å². The molecule has 5 heteroatoms. The number of carbonyl (C=O) groups excluding carboxylic acids is 2. The summed E-state index contributed by atoms with van der Waals surface area (Å²) in [7, 11) is 0. The van der Waals surface area contributed by atoms with Crippen molar-refractivity contribution in [1.29, 1.82) is 0 Å². The molecule has 0 saturated carbocycles. The third-order valence-corrected chi connectivity index (χ3v) is 4.41. The predicted octanol–water partition coefficient (Wildman–Crippen LogP) is 4.80. The smallest absolute Gasteiger partial charge is 0.344 e. The maximum absolute atomic E-state index is 12.3. The van der Waals surface area contributed by atoms with Crippen LogP contribution >= 0.6 is 15.9 Å². The number of halogens is 1. The minimum absolute atomic E-state index is 0.253.